The fraction of sp³-hybridized carbons (Fsp3) is 0.579. The van der Waals surface area contributed by atoms with E-state index in [0.717, 1.165) is 24.3 Å². The highest BCUT2D eigenvalue weighted by molar-refractivity contribution is 5.95. The minimum Gasteiger partial charge on any atom is -0.497 e. The lowest BCUT2D eigenvalue weighted by Gasteiger charge is -2.34. The Labute approximate surface area is 143 Å². The third-order valence-corrected chi connectivity index (χ3v) is 6.26. The summed E-state index contributed by atoms with van der Waals surface area (Å²) in [6, 6.07) is 7.15. The van der Waals surface area contributed by atoms with Crippen LogP contribution in [0.2, 0.25) is 0 Å². The number of hydrogen-bond donors (Lipinski definition) is 1. The zero-order chi connectivity index (χ0) is 17.4. The number of nitrogens with zero attached hydrogens (tertiary/aromatic N) is 1. The van der Waals surface area contributed by atoms with E-state index >= 15 is 0 Å². The van der Waals surface area contributed by atoms with E-state index in [1.807, 2.05) is 0 Å². The SMILES string of the molecule is COc1ccc(OCC(=O)N/N=C2/C[C@@H]3CC[C@]2(C)C3(C)C)cc1. The molecule has 1 amide bonds. The molecule has 24 heavy (non-hydrogen) atoms. The molecule has 2 atom stereocenters. The standard InChI is InChI=1S/C19H26N2O3/c1-18(2)13-9-10-19(18,3)16(11-13)20-21-17(22)12-24-15-7-5-14(23-4)6-8-15/h5-8,13H,9-12H2,1-4H3,(H,21,22)/b20-16-/t13-,19-/m0/s1. The molecule has 1 aromatic carbocycles. The van der Waals surface area contributed by atoms with Crippen LogP contribution in [-0.4, -0.2) is 25.3 Å². The van der Waals surface area contributed by atoms with Gasteiger partial charge in [0.05, 0.1) is 7.11 Å². The second-order valence-corrected chi connectivity index (χ2v) is 7.55. The Morgan fingerprint density at radius 1 is 1.25 bits per heavy atom. The molecular weight excluding hydrogens is 304 g/mol. The van der Waals surface area contributed by atoms with Crippen LogP contribution >= 0.6 is 0 Å². The van der Waals surface area contributed by atoms with Crippen molar-refractivity contribution in [3.05, 3.63) is 24.3 Å². The van der Waals surface area contributed by atoms with Crippen molar-refractivity contribution in [2.75, 3.05) is 13.7 Å². The molecule has 0 spiro atoms. The number of methoxy groups -OCH3 is 1. The average Bonchev–Trinajstić information content (AvgIpc) is 2.91. The Hall–Kier alpha value is -2.04. The van der Waals surface area contributed by atoms with Crippen LogP contribution in [-0.2, 0) is 4.79 Å². The lowest BCUT2D eigenvalue weighted by Crippen LogP contribution is -2.35. The molecule has 0 radical (unpaired) electrons. The van der Waals surface area contributed by atoms with Crippen molar-refractivity contribution < 1.29 is 14.3 Å². The Bertz CT molecular complexity index is 651. The van der Waals surface area contributed by atoms with Gasteiger partial charge in [0, 0.05) is 11.1 Å². The topological polar surface area (TPSA) is 59.9 Å². The molecule has 3 rings (SSSR count). The fourth-order valence-electron chi connectivity index (χ4n) is 4.08. The Balaban J connectivity index is 1.54. The first kappa shape index (κ1) is 16.8. The van der Waals surface area contributed by atoms with E-state index in [0.29, 0.717) is 11.7 Å². The number of rotatable bonds is 5. The first-order chi connectivity index (χ1) is 11.4. The Morgan fingerprint density at radius 2 is 1.92 bits per heavy atom. The van der Waals surface area contributed by atoms with Gasteiger partial charge in [0.25, 0.3) is 5.91 Å². The predicted octanol–water partition coefficient (Wildman–Crippen LogP) is 3.39. The van der Waals surface area contributed by atoms with Gasteiger partial charge in [-0.25, -0.2) is 5.43 Å². The van der Waals surface area contributed by atoms with Crippen molar-refractivity contribution in [3.63, 3.8) is 0 Å². The summed E-state index contributed by atoms with van der Waals surface area (Å²) in [5.41, 5.74) is 4.15. The molecule has 0 saturated heterocycles. The number of carbonyl (C=O) groups is 1. The summed E-state index contributed by atoms with van der Waals surface area (Å²) < 4.78 is 10.6. The molecule has 0 unspecified atom stereocenters. The molecule has 2 bridgehead atoms. The van der Waals surface area contributed by atoms with Crippen LogP contribution in [0.3, 0.4) is 0 Å². The van der Waals surface area contributed by atoms with Gasteiger partial charge in [-0.3, -0.25) is 4.79 Å². The van der Waals surface area contributed by atoms with Gasteiger partial charge >= 0.3 is 0 Å². The summed E-state index contributed by atoms with van der Waals surface area (Å²) >= 11 is 0. The van der Waals surface area contributed by atoms with Crippen molar-refractivity contribution in [3.8, 4) is 11.5 Å². The molecule has 0 aliphatic heterocycles. The number of amides is 1. The zero-order valence-electron chi connectivity index (χ0n) is 14.9. The first-order valence-corrected chi connectivity index (χ1v) is 8.49. The van der Waals surface area contributed by atoms with Crippen LogP contribution in [0.15, 0.2) is 29.4 Å². The van der Waals surface area contributed by atoms with Gasteiger partial charge in [-0.15, -0.1) is 0 Å². The second kappa shape index (κ2) is 6.11. The third kappa shape index (κ3) is 2.76. The van der Waals surface area contributed by atoms with Gasteiger partial charge in [0.2, 0.25) is 0 Å². The van der Waals surface area contributed by atoms with Gasteiger partial charge in [-0.05, 0) is 54.9 Å². The summed E-state index contributed by atoms with van der Waals surface area (Å²) in [4.78, 5) is 12.0. The molecule has 5 heteroatoms. The Morgan fingerprint density at radius 3 is 2.46 bits per heavy atom. The van der Waals surface area contributed by atoms with Crippen molar-refractivity contribution >= 4 is 11.6 Å². The average molecular weight is 330 g/mol. The van der Waals surface area contributed by atoms with E-state index in [2.05, 4.69) is 31.3 Å². The third-order valence-electron chi connectivity index (χ3n) is 6.26. The van der Waals surface area contributed by atoms with Crippen molar-refractivity contribution in [2.24, 2.45) is 21.8 Å². The number of hydrazone groups is 1. The molecule has 130 valence electrons. The van der Waals surface area contributed by atoms with E-state index in [1.54, 1.807) is 31.4 Å². The molecule has 2 aliphatic carbocycles. The van der Waals surface area contributed by atoms with Crippen LogP contribution in [0.4, 0.5) is 0 Å². The maximum Gasteiger partial charge on any atom is 0.277 e. The highest BCUT2D eigenvalue weighted by Gasteiger charge is 2.59. The molecule has 2 saturated carbocycles. The van der Waals surface area contributed by atoms with Crippen LogP contribution in [0, 0.1) is 16.7 Å². The zero-order valence-corrected chi connectivity index (χ0v) is 14.9. The van der Waals surface area contributed by atoms with Crippen LogP contribution < -0.4 is 14.9 Å². The molecule has 2 aliphatic rings. The summed E-state index contributed by atoms with van der Waals surface area (Å²) in [6.07, 6.45) is 3.40. The monoisotopic (exact) mass is 330 g/mol. The van der Waals surface area contributed by atoms with Gasteiger partial charge in [-0.2, -0.15) is 5.10 Å². The lowest BCUT2D eigenvalue weighted by molar-refractivity contribution is -0.123. The summed E-state index contributed by atoms with van der Waals surface area (Å²) in [6.45, 7) is 6.87. The molecule has 1 aromatic rings. The molecule has 5 nitrogen and oxygen atoms in total. The van der Waals surface area contributed by atoms with Crippen LogP contribution in [0.5, 0.6) is 11.5 Å². The van der Waals surface area contributed by atoms with E-state index < -0.39 is 0 Å². The predicted molar refractivity (Wildman–Crippen MR) is 93.3 cm³/mol. The summed E-state index contributed by atoms with van der Waals surface area (Å²) in [5.74, 6) is 1.83. The number of benzene rings is 1. The highest BCUT2D eigenvalue weighted by Crippen LogP contribution is 2.63. The van der Waals surface area contributed by atoms with E-state index in [4.69, 9.17) is 9.47 Å². The fourth-order valence-corrected chi connectivity index (χ4v) is 4.08. The maximum absolute atomic E-state index is 12.0. The van der Waals surface area contributed by atoms with E-state index in [1.165, 1.54) is 6.42 Å². The molecule has 2 fully saturated rings. The number of ether oxygens (including phenoxy) is 2. The van der Waals surface area contributed by atoms with Crippen molar-refractivity contribution in [1.29, 1.82) is 0 Å². The first-order valence-electron chi connectivity index (χ1n) is 8.49. The number of hydrogen-bond acceptors (Lipinski definition) is 4. The van der Waals surface area contributed by atoms with Gasteiger partial charge < -0.3 is 9.47 Å². The van der Waals surface area contributed by atoms with Crippen molar-refractivity contribution in [2.45, 2.75) is 40.0 Å². The Kier molecular flexibility index (Phi) is 4.28. The minimum absolute atomic E-state index is 0.0490. The summed E-state index contributed by atoms with van der Waals surface area (Å²) in [7, 11) is 1.61. The van der Waals surface area contributed by atoms with E-state index in [-0.39, 0.29) is 23.3 Å². The van der Waals surface area contributed by atoms with Crippen molar-refractivity contribution in [1.82, 2.24) is 5.43 Å². The number of nitrogens with one attached hydrogen (secondary N) is 1. The minimum atomic E-state index is -0.234. The normalized spacial score (nSPS) is 28.8. The number of fused-ring (bicyclic) bond motifs is 2. The van der Waals surface area contributed by atoms with Crippen LogP contribution in [0.1, 0.15) is 40.0 Å². The molecular formula is C19H26N2O3. The quantitative estimate of drug-likeness (QED) is 0.842. The largest absolute Gasteiger partial charge is 0.497 e. The van der Waals surface area contributed by atoms with Gasteiger partial charge in [0.1, 0.15) is 11.5 Å². The summed E-state index contributed by atoms with van der Waals surface area (Å²) in [5, 5.41) is 4.43. The number of carbonyl (C=O) groups excluding carboxylic acids is 1. The molecule has 1 N–H and O–H groups in total. The highest BCUT2D eigenvalue weighted by atomic mass is 16.5. The van der Waals surface area contributed by atoms with E-state index in [9.17, 15) is 4.79 Å². The molecule has 0 aromatic heterocycles. The second-order valence-electron chi connectivity index (χ2n) is 7.55. The lowest BCUT2D eigenvalue weighted by atomic mass is 9.70. The van der Waals surface area contributed by atoms with Gasteiger partial charge in [-0.1, -0.05) is 20.8 Å². The smallest absolute Gasteiger partial charge is 0.277 e. The van der Waals surface area contributed by atoms with Gasteiger partial charge in [0.15, 0.2) is 6.61 Å². The van der Waals surface area contributed by atoms with Crippen LogP contribution in [0.25, 0.3) is 0 Å². The maximum atomic E-state index is 12.0. The molecule has 0 heterocycles.